The Labute approximate surface area is 114 Å². The Hall–Kier alpha value is -0.450. The van der Waals surface area contributed by atoms with Gasteiger partial charge in [-0.05, 0) is 39.0 Å². The van der Waals surface area contributed by atoms with Crippen LogP contribution in [0.2, 0.25) is 0 Å². The number of fused-ring (bicyclic) bond motifs is 2. The molecule has 4 nitrogen and oxygen atoms in total. The fourth-order valence-electron chi connectivity index (χ4n) is 4.33. The molecule has 4 heteroatoms. The molecule has 4 unspecified atom stereocenters. The molecular formula is C15H24O4. The molecule has 0 spiro atoms. The van der Waals surface area contributed by atoms with Crippen LogP contribution in [0.4, 0.5) is 0 Å². The van der Waals surface area contributed by atoms with Crippen molar-refractivity contribution in [3.8, 4) is 0 Å². The molecule has 0 aromatic carbocycles. The Morgan fingerprint density at radius 3 is 2.79 bits per heavy atom. The van der Waals surface area contributed by atoms with Crippen molar-refractivity contribution >= 4 is 5.78 Å². The Balaban J connectivity index is 1.81. The first kappa shape index (κ1) is 13.5. The van der Waals surface area contributed by atoms with E-state index in [4.69, 9.17) is 9.47 Å². The van der Waals surface area contributed by atoms with Crippen LogP contribution in [0.5, 0.6) is 0 Å². The van der Waals surface area contributed by atoms with Gasteiger partial charge in [0.2, 0.25) is 0 Å². The van der Waals surface area contributed by atoms with Gasteiger partial charge in [0.1, 0.15) is 5.78 Å². The van der Waals surface area contributed by atoms with Gasteiger partial charge in [-0.3, -0.25) is 4.79 Å². The lowest BCUT2D eigenvalue weighted by Crippen LogP contribution is -2.55. The van der Waals surface area contributed by atoms with Gasteiger partial charge < -0.3 is 14.6 Å². The lowest BCUT2D eigenvalue weighted by atomic mass is 9.68. The van der Waals surface area contributed by atoms with E-state index in [1.165, 1.54) is 0 Å². The summed E-state index contributed by atoms with van der Waals surface area (Å²) in [4.78, 5) is 11.6. The van der Waals surface area contributed by atoms with Crippen molar-refractivity contribution in [1.82, 2.24) is 0 Å². The monoisotopic (exact) mass is 268 g/mol. The summed E-state index contributed by atoms with van der Waals surface area (Å²) >= 11 is 0. The molecule has 3 fully saturated rings. The highest BCUT2D eigenvalue weighted by Gasteiger charge is 2.56. The molecule has 1 aliphatic carbocycles. The molecule has 0 amide bonds. The topological polar surface area (TPSA) is 55.8 Å². The SMILES string of the molecule is CC(=O)C1CCC2O[C@@]3(C)OC[C@H](C)[C@H]3CC2C1O. The maximum Gasteiger partial charge on any atom is 0.169 e. The van der Waals surface area contributed by atoms with Crippen LogP contribution in [0.25, 0.3) is 0 Å². The van der Waals surface area contributed by atoms with Gasteiger partial charge in [0.15, 0.2) is 5.79 Å². The Bertz CT molecular complexity index is 382. The quantitative estimate of drug-likeness (QED) is 0.787. The van der Waals surface area contributed by atoms with Crippen molar-refractivity contribution in [3.63, 3.8) is 0 Å². The van der Waals surface area contributed by atoms with Crippen LogP contribution in [0, 0.1) is 23.7 Å². The van der Waals surface area contributed by atoms with Crippen molar-refractivity contribution in [2.45, 2.75) is 58.0 Å². The zero-order valence-corrected chi connectivity index (χ0v) is 12.0. The molecule has 3 aliphatic rings. The molecule has 19 heavy (non-hydrogen) atoms. The molecule has 2 aliphatic heterocycles. The van der Waals surface area contributed by atoms with Crippen molar-refractivity contribution in [2.24, 2.45) is 23.7 Å². The number of rotatable bonds is 1. The van der Waals surface area contributed by atoms with Gasteiger partial charge in [0.05, 0.1) is 18.8 Å². The molecule has 0 bridgehead atoms. The summed E-state index contributed by atoms with van der Waals surface area (Å²) in [7, 11) is 0. The fraction of sp³-hybridized carbons (Fsp3) is 0.933. The average Bonchev–Trinajstić information content (AvgIpc) is 2.63. The van der Waals surface area contributed by atoms with Gasteiger partial charge in [-0.1, -0.05) is 6.92 Å². The first-order chi connectivity index (χ1) is 8.92. The second-order valence-corrected chi connectivity index (χ2v) is 6.75. The predicted molar refractivity (Wildman–Crippen MR) is 69.4 cm³/mol. The van der Waals surface area contributed by atoms with E-state index in [0.29, 0.717) is 11.8 Å². The van der Waals surface area contributed by atoms with E-state index >= 15 is 0 Å². The number of carbonyl (C=O) groups excluding carboxylic acids is 1. The number of hydrogen-bond donors (Lipinski definition) is 1. The normalized spacial score (nSPS) is 53.5. The minimum absolute atomic E-state index is 0.0390. The third kappa shape index (κ3) is 2.05. The molecule has 0 radical (unpaired) electrons. The number of ether oxygens (including phenoxy) is 2. The summed E-state index contributed by atoms with van der Waals surface area (Å²) in [5, 5.41) is 10.5. The van der Waals surface area contributed by atoms with Crippen molar-refractivity contribution in [2.75, 3.05) is 6.61 Å². The highest BCUT2D eigenvalue weighted by atomic mass is 16.7. The van der Waals surface area contributed by atoms with Crippen LogP contribution in [0.1, 0.15) is 40.0 Å². The minimum Gasteiger partial charge on any atom is -0.392 e. The molecule has 108 valence electrons. The number of Topliss-reactive ketones (excluding diaryl/α,β-unsaturated/α-hetero) is 1. The smallest absolute Gasteiger partial charge is 0.169 e. The molecule has 7 atom stereocenters. The van der Waals surface area contributed by atoms with Gasteiger partial charge in [-0.2, -0.15) is 0 Å². The zero-order chi connectivity index (χ0) is 13.8. The standard InChI is InChI=1S/C15H24O4/c1-8-7-18-15(3)12(8)6-11-13(19-15)5-4-10(9(2)16)14(11)17/h8,10-14,17H,4-7H2,1-3H3/t8-,10?,11?,12+,13?,14?,15+/m0/s1. The predicted octanol–water partition coefficient (Wildman–Crippen LogP) is 1.75. The van der Waals surface area contributed by atoms with Crippen molar-refractivity contribution in [1.29, 1.82) is 0 Å². The van der Waals surface area contributed by atoms with Crippen LogP contribution < -0.4 is 0 Å². The molecule has 1 N–H and O–H groups in total. The van der Waals surface area contributed by atoms with Gasteiger partial charge in [0.25, 0.3) is 0 Å². The van der Waals surface area contributed by atoms with Crippen molar-refractivity contribution in [3.05, 3.63) is 0 Å². The fourth-order valence-corrected chi connectivity index (χ4v) is 4.33. The zero-order valence-electron chi connectivity index (χ0n) is 12.0. The lowest BCUT2D eigenvalue weighted by Gasteiger charge is -2.50. The van der Waals surface area contributed by atoms with Crippen LogP contribution >= 0.6 is 0 Å². The lowest BCUT2D eigenvalue weighted by molar-refractivity contribution is -0.294. The average molecular weight is 268 g/mol. The molecule has 0 aromatic heterocycles. The van der Waals surface area contributed by atoms with E-state index in [1.54, 1.807) is 6.92 Å². The summed E-state index contributed by atoms with van der Waals surface area (Å²) in [5.74, 6) is 0.292. The summed E-state index contributed by atoms with van der Waals surface area (Å²) < 4.78 is 12.0. The number of carbonyl (C=O) groups is 1. The summed E-state index contributed by atoms with van der Waals surface area (Å²) in [6, 6.07) is 0. The molecular weight excluding hydrogens is 244 g/mol. The number of aliphatic hydroxyl groups is 1. The van der Waals surface area contributed by atoms with Gasteiger partial charge in [-0.15, -0.1) is 0 Å². The number of hydrogen-bond acceptors (Lipinski definition) is 4. The minimum atomic E-state index is -0.548. The van der Waals surface area contributed by atoms with Crippen molar-refractivity contribution < 1.29 is 19.4 Å². The molecule has 2 heterocycles. The van der Waals surface area contributed by atoms with Gasteiger partial charge in [0, 0.05) is 17.8 Å². The maximum atomic E-state index is 11.6. The number of ketones is 1. The first-order valence-corrected chi connectivity index (χ1v) is 7.42. The van der Waals surface area contributed by atoms with Crippen LogP contribution in [-0.4, -0.2) is 35.5 Å². The third-order valence-corrected chi connectivity index (χ3v) is 5.52. The Morgan fingerprint density at radius 1 is 1.37 bits per heavy atom. The molecule has 3 rings (SSSR count). The van der Waals surface area contributed by atoms with E-state index in [2.05, 4.69) is 6.92 Å². The second-order valence-electron chi connectivity index (χ2n) is 6.75. The molecule has 1 saturated carbocycles. The van der Waals surface area contributed by atoms with Crippen LogP contribution in [-0.2, 0) is 14.3 Å². The van der Waals surface area contributed by atoms with Crippen LogP contribution in [0.3, 0.4) is 0 Å². The highest BCUT2D eigenvalue weighted by Crippen LogP contribution is 2.50. The van der Waals surface area contributed by atoms with Gasteiger partial charge >= 0.3 is 0 Å². The van der Waals surface area contributed by atoms with Gasteiger partial charge in [-0.25, -0.2) is 0 Å². The molecule has 0 aromatic rings. The van der Waals surface area contributed by atoms with E-state index in [1.807, 2.05) is 6.92 Å². The number of aliphatic hydroxyl groups excluding tert-OH is 1. The second kappa shape index (κ2) is 4.54. The van der Waals surface area contributed by atoms with E-state index in [-0.39, 0.29) is 23.7 Å². The summed E-state index contributed by atoms with van der Waals surface area (Å²) in [6.07, 6.45) is 1.98. The third-order valence-electron chi connectivity index (χ3n) is 5.52. The Kier molecular flexibility index (Phi) is 3.23. The first-order valence-electron chi connectivity index (χ1n) is 7.42. The molecule has 2 saturated heterocycles. The Morgan fingerprint density at radius 2 is 2.11 bits per heavy atom. The largest absolute Gasteiger partial charge is 0.392 e. The summed E-state index contributed by atoms with van der Waals surface area (Å²) in [6.45, 7) is 6.52. The van der Waals surface area contributed by atoms with E-state index in [9.17, 15) is 9.90 Å². The van der Waals surface area contributed by atoms with E-state index in [0.717, 1.165) is 25.9 Å². The van der Waals surface area contributed by atoms with E-state index < -0.39 is 11.9 Å². The maximum absolute atomic E-state index is 11.6. The van der Waals surface area contributed by atoms with Crippen LogP contribution in [0.15, 0.2) is 0 Å². The summed E-state index contributed by atoms with van der Waals surface area (Å²) in [5.41, 5.74) is 0. The highest BCUT2D eigenvalue weighted by molar-refractivity contribution is 5.79.